The van der Waals surface area contributed by atoms with Crippen molar-refractivity contribution in [3.05, 3.63) is 53.7 Å². The van der Waals surface area contributed by atoms with Gasteiger partial charge >= 0.3 is 0 Å². The zero-order chi connectivity index (χ0) is 19.3. The number of benzene rings is 1. The highest BCUT2D eigenvalue weighted by Crippen LogP contribution is 2.33. The molecule has 2 aromatic heterocycles. The lowest BCUT2D eigenvalue weighted by Crippen LogP contribution is -2.14. The van der Waals surface area contributed by atoms with Crippen LogP contribution < -0.4 is 14.8 Å². The van der Waals surface area contributed by atoms with E-state index >= 15 is 0 Å². The van der Waals surface area contributed by atoms with E-state index in [1.54, 1.807) is 37.7 Å². The minimum atomic E-state index is -0.238. The van der Waals surface area contributed by atoms with Crippen molar-refractivity contribution in [3.63, 3.8) is 0 Å². The van der Waals surface area contributed by atoms with Gasteiger partial charge in [0, 0.05) is 28.9 Å². The van der Waals surface area contributed by atoms with Crippen molar-refractivity contribution in [2.24, 2.45) is 0 Å². The Labute approximate surface area is 167 Å². The van der Waals surface area contributed by atoms with Crippen molar-refractivity contribution < 1.29 is 14.3 Å². The van der Waals surface area contributed by atoms with Crippen molar-refractivity contribution in [1.82, 2.24) is 9.97 Å². The Balaban J connectivity index is 1.46. The van der Waals surface area contributed by atoms with Crippen LogP contribution in [0.25, 0.3) is 11.3 Å². The molecule has 1 aliphatic carbocycles. The van der Waals surface area contributed by atoms with Crippen LogP contribution in [0.4, 0.5) is 5.13 Å². The monoisotopic (exact) mass is 395 g/mol. The van der Waals surface area contributed by atoms with Crippen LogP contribution in [0.1, 0.15) is 36.0 Å². The Morgan fingerprint density at radius 1 is 1.21 bits per heavy atom. The number of nitrogens with one attached hydrogen (secondary N) is 1. The van der Waals surface area contributed by atoms with Crippen LogP contribution in [0.3, 0.4) is 0 Å². The van der Waals surface area contributed by atoms with Crippen LogP contribution in [-0.4, -0.2) is 29.1 Å². The Kier molecular flexibility index (Phi) is 5.53. The predicted octanol–water partition coefficient (Wildman–Crippen LogP) is 4.79. The number of aromatic nitrogens is 2. The van der Waals surface area contributed by atoms with E-state index in [2.05, 4.69) is 15.3 Å². The van der Waals surface area contributed by atoms with Crippen molar-refractivity contribution in [1.29, 1.82) is 0 Å². The van der Waals surface area contributed by atoms with Gasteiger partial charge in [0.1, 0.15) is 0 Å². The highest BCUT2D eigenvalue weighted by atomic mass is 32.1. The van der Waals surface area contributed by atoms with E-state index in [0.717, 1.165) is 24.1 Å². The molecule has 3 aromatic rings. The van der Waals surface area contributed by atoms with Gasteiger partial charge in [0.25, 0.3) is 5.91 Å². The van der Waals surface area contributed by atoms with Gasteiger partial charge in [-0.1, -0.05) is 0 Å². The zero-order valence-corrected chi connectivity index (χ0v) is 16.4. The largest absolute Gasteiger partial charge is 0.493 e. The fraction of sp³-hybridized carbons (Fsp3) is 0.286. The topological polar surface area (TPSA) is 73.3 Å². The average molecular weight is 395 g/mol. The first-order valence-electron chi connectivity index (χ1n) is 9.25. The number of pyridine rings is 1. The van der Waals surface area contributed by atoms with E-state index in [1.807, 2.05) is 17.5 Å². The van der Waals surface area contributed by atoms with Crippen LogP contribution in [0.15, 0.2) is 48.1 Å². The molecule has 7 heteroatoms. The number of anilines is 1. The van der Waals surface area contributed by atoms with Crippen molar-refractivity contribution in [2.45, 2.75) is 31.8 Å². The summed E-state index contributed by atoms with van der Waals surface area (Å²) in [6, 6.07) is 9.04. The zero-order valence-electron chi connectivity index (χ0n) is 15.6. The third-order valence-electron chi connectivity index (χ3n) is 4.70. The number of carbonyl (C=O) groups excluding carboxylic acids is 1. The maximum absolute atomic E-state index is 12.6. The lowest BCUT2D eigenvalue weighted by atomic mass is 10.2. The van der Waals surface area contributed by atoms with Crippen molar-refractivity contribution in [2.75, 3.05) is 12.4 Å². The predicted molar refractivity (Wildman–Crippen MR) is 109 cm³/mol. The van der Waals surface area contributed by atoms with Gasteiger partial charge in [-0.25, -0.2) is 4.98 Å². The summed E-state index contributed by atoms with van der Waals surface area (Å²) in [6.07, 6.45) is 8.21. The first-order chi connectivity index (χ1) is 13.7. The lowest BCUT2D eigenvalue weighted by Gasteiger charge is -2.16. The third kappa shape index (κ3) is 4.14. The molecule has 6 nitrogen and oxygen atoms in total. The summed E-state index contributed by atoms with van der Waals surface area (Å²) in [7, 11) is 1.58. The summed E-state index contributed by atoms with van der Waals surface area (Å²) in [5, 5.41) is 5.27. The number of carbonyl (C=O) groups is 1. The van der Waals surface area contributed by atoms with Gasteiger partial charge in [-0.2, -0.15) is 0 Å². The second-order valence-corrected chi connectivity index (χ2v) is 7.48. The summed E-state index contributed by atoms with van der Waals surface area (Å²) in [4.78, 5) is 21.2. The molecule has 28 heavy (non-hydrogen) atoms. The smallest absolute Gasteiger partial charge is 0.257 e. The number of amides is 1. The molecule has 0 unspecified atom stereocenters. The lowest BCUT2D eigenvalue weighted by molar-refractivity contribution is 0.102. The standard InChI is InChI=1S/C21H21N3O3S/c1-26-19-11-14(8-9-18(19)27-16-6-2-3-7-16)20(25)24-21-23-17(13-28-21)15-5-4-10-22-12-15/h4-5,8-13,16H,2-3,6-7H2,1H3,(H,23,24,25). The highest BCUT2D eigenvalue weighted by Gasteiger charge is 2.19. The second-order valence-electron chi connectivity index (χ2n) is 6.62. The van der Waals surface area contributed by atoms with Gasteiger partial charge in [-0.3, -0.25) is 15.1 Å². The maximum Gasteiger partial charge on any atom is 0.257 e. The highest BCUT2D eigenvalue weighted by molar-refractivity contribution is 7.14. The van der Waals surface area contributed by atoms with E-state index in [-0.39, 0.29) is 12.0 Å². The Morgan fingerprint density at radius 2 is 2.07 bits per heavy atom. The minimum Gasteiger partial charge on any atom is -0.493 e. The molecule has 0 radical (unpaired) electrons. The molecule has 144 valence electrons. The number of hydrogen-bond acceptors (Lipinski definition) is 6. The van der Waals surface area contributed by atoms with E-state index in [0.29, 0.717) is 22.2 Å². The number of rotatable bonds is 6. The molecule has 1 amide bonds. The molecule has 1 aliphatic rings. The molecule has 0 spiro atoms. The van der Waals surface area contributed by atoms with E-state index in [1.165, 1.54) is 24.2 Å². The Morgan fingerprint density at radius 3 is 2.82 bits per heavy atom. The van der Waals surface area contributed by atoms with Gasteiger partial charge in [-0.15, -0.1) is 11.3 Å². The first-order valence-corrected chi connectivity index (χ1v) is 10.1. The molecule has 1 aromatic carbocycles. The van der Waals surface area contributed by atoms with Gasteiger partial charge in [0.15, 0.2) is 16.6 Å². The van der Waals surface area contributed by atoms with Gasteiger partial charge < -0.3 is 9.47 Å². The van der Waals surface area contributed by atoms with E-state index in [4.69, 9.17) is 9.47 Å². The normalized spacial score (nSPS) is 14.0. The minimum absolute atomic E-state index is 0.231. The second kappa shape index (κ2) is 8.39. The molecule has 2 heterocycles. The van der Waals surface area contributed by atoms with Gasteiger partial charge in [0.2, 0.25) is 0 Å². The summed E-state index contributed by atoms with van der Waals surface area (Å²) >= 11 is 1.38. The average Bonchev–Trinajstić information content (AvgIpc) is 3.41. The van der Waals surface area contributed by atoms with Crippen LogP contribution in [0, 0.1) is 0 Å². The fourth-order valence-corrected chi connectivity index (χ4v) is 3.95. The maximum atomic E-state index is 12.6. The van der Waals surface area contributed by atoms with Crippen molar-refractivity contribution in [3.8, 4) is 22.8 Å². The molecule has 0 bridgehead atoms. The molecule has 0 aliphatic heterocycles. The van der Waals surface area contributed by atoms with E-state index in [9.17, 15) is 4.79 Å². The quantitative estimate of drug-likeness (QED) is 0.650. The molecule has 1 saturated carbocycles. The molecule has 1 N–H and O–H groups in total. The molecule has 0 atom stereocenters. The molecular formula is C21H21N3O3S. The Hall–Kier alpha value is -2.93. The van der Waals surface area contributed by atoms with Crippen LogP contribution >= 0.6 is 11.3 Å². The Bertz CT molecular complexity index is 953. The summed E-state index contributed by atoms with van der Waals surface area (Å²) < 4.78 is 11.5. The van der Waals surface area contributed by atoms with Crippen LogP contribution in [0.5, 0.6) is 11.5 Å². The number of nitrogens with zero attached hydrogens (tertiary/aromatic N) is 2. The molecule has 1 fully saturated rings. The third-order valence-corrected chi connectivity index (χ3v) is 5.46. The van der Waals surface area contributed by atoms with E-state index < -0.39 is 0 Å². The summed E-state index contributed by atoms with van der Waals surface area (Å²) in [5.74, 6) is 1.01. The van der Waals surface area contributed by atoms with Gasteiger partial charge in [-0.05, 0) is 56.0 Å². The van der Waals surface area contributed by atoms with Crippen molar-refractivity contribution >= 4 is 22.4 Å². The number of methoxy groups -OCH3 is 1. The van der Waals surface area contributed by atoms with Crippen LogP contribution in [0.2, 0.25) is 0 Å². The molecule has 0 saturated heterocycles. The summed E-state index contributed by atoms with van der Waals surface area (Å²) in [5.41, 5.74) is 2.19. The first kappa shape index (κ1) is 18.4. The molecular weight excluding hydrogens is 374 g/mol. The molecule has 4 rings (SSSR count). The number of ether oxygens (including phenoxy) is 2. The summed E-state index contributed by atoms with van der Waals surface area (Å²) in [6.45, 7) is 0. The van der Waals surface area contributed by atoms with Crippen LogP contribution in [-0.2, 0) is 0 Å². The SMILES string of the molecule is COc1cc(C(=O)Nc2nc(-c3cccnc3)cs2)ccc1OC1CCCC1. The fourth-order valence-electron chi connectivity index (χ4n) is 3.24. The van der Waals surface area contributed by atoms with Gasteiger partial charge in [0.05, 0.1) is 18.9 Å². The number of hydrogen-bond donors (Lipinski definition) is 1. The number of thiazole rings is 1.